The fourth-order valence-electron chi connectivity index (χ4n) is 2.03. The van der Waals surface area contributed by atoms with E-state index in [1.54, 1.807) is 0 Å². The average molecular weight is 292 g/mol. The molecule has 3 rings (SSSR count). The van der Waals surface area contributed by atoms with Crippen LogP contribution in [-0.4, -0.2) is 0 Å². The number of hydrogen-bond acceptors (Lipinski definition) is 0. The summed E-state index contributed by atoms with van der Waals surface area (Å²) in [6, 6.07) is 16.5. The maximum Gasteiger partial charge on any atom is 0.0490 e. The number of halogens is 2. The van der Waals surface area contributed by atoms with E-state index in [-0.39, 0.29) is 0 Å². The molecule has 3 aromatic rings. The Bertz CT molecular complexity index is 689. The van der Waals surface area contributed by atoms with E-state index in [2.05, 4.69) is 40.2 Å². The van der Waals surface area contributed by atoms with Gasteiger partial charge in [-0.1, -0.05) is 57.9 Å². The standard InChI is InChI=1S/C14H8BrCl/c15-10-5-6-12-13(8-10)11-4-2-1-3-9(11)7-14(12)16/h1-8H. The molecule has 0 atom stereocenters. The van der Waals surface area contributed by atoms with Crippen molar-refractivity contribution >= 4 is 49.1 Å². The predicted octanol–water partition coefficient (Wildman–Crippen LogP) is 5.41. The van der Waals surface area contributed by atoms with Gasteiger partial charge in [-0.2, -0.15) is 0 Å². The van der Waals surface area contributed by atoms with Crippen LogP contribution in [0.3, 0.4) is 0 Å². The molecular weight excluding hydrogens is 284 g/mol. The molecule has 0 saturated heterocycles. The van der Waals surface area contributed by atoms with Crippen LogP contribution >= 0.6 is 27.5 Å². The highest BCUT2D eigenvalue weighted by Gasteiger charge is 2.04. The Morgan fingerprint density at radius 2 is 1.62 bits per heavy atom. The van der Waals surface area contributed by atoms with E-state index in [9.17, 15) is 0 Å². The van der Waals surface area contributed by atoms with Crippen LogP contribution in [0.15, 0.2) is 53.0 Å². The molecule has 78 valence electrons. The zero-order valence-corrected chi connectivity index (χ0v) is 10.7. The molecule has 0 fully saturated rings. The van der Waals surface area contributed by atoms with Crippen LogP contribution in [0, 0.1) is 0 Å². The maximum absolute atomic E-state index is 6.27. The molecule has 0 aliphatic heterocycles. The van der Waals surface area contributed by atoms with Crippen molar-refractivity contribution < 1.29 is 0 Å². The maximum atomic E-state index is 6.27. The van der Waals surface area contributed by atoms with Crippen LogP contribution in [0.4, 0.5) is 0 Å². The van der Waals surface area contributed by atoms with E-state index < -0.39 is 0 Å². The van der Waals surface area contributed by atoms with E-state index in [4.69, 9.17) is 11.6 Å². The van der Waals surface area contributed by atoms with Crippen LogP contribution < -0.4 is 0 Å². The topological polar surface area (TPSA) is 0 Å². The van der Waals surface area contributed by atoms with Crippen LogP contribution in [0.1, 0.15) is 0 Å². The zero-order chi connectivity index (χ0) is 11.1. The van der Waals surface area contributed by atoms with Gasteiger partial charge in [-0.05, 0) is 34.4 Å². The van der Waals surface area contributed by atoms with Gasteiger partial charge in [0.1, 0.15) is 0 Å². The highest BCUT2D eigenvalue weighted by Crippen LogP contribution is 2.33. The van der Waals surface area contributed by atoms with Gasteiger partial charge in [0.25, 0.3) is 0 Å². The highest BCUT2D eigenvalue weighted by atomic mass is 79.9. The molecule has 0 nitrogen and oxygen atoms in total. The Kier molecular flexibility index (Phi) is 2.38. The van der Waals surface area contributed by atoms with Crippen molar-refractivity contribution in [2.24, 2.45) is 0 Å². The molecule has 0 N–H and O–H groups in total. The van der Waals surface area contributed by atoms with Gasteiger partial charge < -0.3 is 0 Å². The lowest BCUT2D eigenvalue weighted by Crippen LogP contribution is -1.79. The minimum Gasteiger partial charge on any atom is -0.0836 e. The molecule has 0 amide bonds. The monoisotopic (exact) mass is 290 g/mol. The van der Waals surface area contributed by atoms with Gasteiger partial charge in [0.05, 0.1) is 0 Å². The van der Waals surface area contributed by atoms with Crippen molar-refractivity contribution in [3.05, 3.63) is 58.0 Å². The molecule has 0 heterocycles. The van der Waals surface area contributed by atoms with Gasteiger partial charge >= 0.3 is 0 Å². The van der Waals surface area contributed by atoms with Crippen LogP contribution in [0.2, 0.25) is 5.02 Å². The van der Waals surface area contributed by atoms with E-state index in [1.807, 2.05) is 24.3 Å². The average Bonchev–Trinajstić information content (AvgIpc) is 2.29. The Balaban J connectivity index is 2.61. The van der Waals surface area contributed by atoms with Crippen molar-refractivity contribution in [3.8, 4) is 0 Å². The molecular formula is C14H8BrCl. The van der Waals surface area contributed by atoms with Gasteiger partial charge in [-0.3, -0.25) is 0 Å². The fourth-order valence-corrected chi connectivity index (χ4v) is 2.67. The minimum absolute atomic E-state index is 0.807. The first kappa shape index (κ1) is 10.1. The molecule has 0 aliphatic carbocycles. The molecule has 3 aromatic carbocycles. The first-order chi connectivity index (χ1) is 7.75. The van der Waals surface area contributed by atoms with Crippen molar-refractivity contribution in [3.63, 3.8) is 0 Å². The summed E-state index contributed by atoms with van der Waals surface area (Å²) in [7, 11) is 0. The largest absolute Gasteiger partial charge is 0.0836 e. The SMILES string of the molecule is Clc1cc2ccccc2c2cc(Br)ccc12. The first-order valence-corrected chi connectivity index (χ1v) is 6.19. The fraction of sp³-hybridized carbons (Fsp3) is 0. The molecule has 16 heavy (non-hydrogen) atoms. The third-order valence-electron chi connectivity index (χ3n) is 2.77. The second-order valence-corrected chi connectivity index (χ2v) is 5.09. The summed E-state index contributed by atoms with van der Waals surface area (Å²) in [5, 5.41) is 5.52. The van der Waals surface area contributed by atoms with Gasteiger partial charge in [0.15, 0.2) is 0 Å². The molecule has 0 aromatic heterocycles. The third kappa shape index (κ3) is 1.51. The first-order valence-electron chi connectivity index (χ1n) is 5.02. The van der Waals surface area contributed by atoms with Crippen LogP contribution in [0.25, 0.3) is 21.5 Å². The molecule has 0 radical (unpaired) electrons. The summed E-state index contributed by atoms with van der Waals surface area (Å²) in [5.41, 5.74) is 0. The normalized spacial score (nSPS) is 11.1. The van der Waals surface area contributed by atoms with E-state index in [0.29, 0.717) is 0 Å². The van der Waals surface area contributed by atoms with Gasteiger partial charge in [0.2, 0.25) is 0 Å². The molecule has 0 saturated carbocycles. The Labute approximate surface area is 107 Å². The number of fused-ring (bicyclic) bond motifs is 3. The molecule has 0 spiro atoms. The lowest BCUT2D eigenvalue weighted by Gasteiger charge is -2.06. The summed E-state index contributed by atoms with van der Waals surface area (Å²) in [5.74, 6) is 0. The van der Waals surface area contributed by atoms with E-state index >= 15 is 0 Å². The Hall–Kier alpha value is -1.05. The predicted molar refractivity (Wildman–Crippen MR) is 74.2 cm³/mol. The lowest BCUT2D eigenvalue weighted by molar-refractivity contribution is 1.72. The van der Waals surface area contributed by atoms with E-state index in [0.717, 1.165) is 14.9 Å². The Morgan fingerprint density at radius 3 is 2.50 bits per heavy atom. The summed E-state index contributed by atoms with van der Waals surface area (Å²) < 4.78 is 1.08. The third-order valence-corrected chi connectivity index (χ3v) is 3.58. The zero-order valence-electron chi connectivity index (χ0n) is 8.37. The van der Waals surface area contributed by atoms with Gasteiger partial charge in [0, 0.05) is 14.9 Å². The van der Waals surface area contributed by atoms with Crippen molar-refractivity contribution in [2.45, 2.75) is 0 Å². The van der Waals surface area contributed by atoms with Gasteiger partial charge in [-0.25, -0.2) is 0 Å². The lowest BCUT2D eigenvalue weighted by atomic mass is 10.0. The highest BCUT2D eigenvalue weighted by molar-refractivity contribution is 9.10. The Morgan fingerprint density at radius 1 is 0.812 bits per heavy atom. The van der Waals surface area contributed by atoms with E-state index in [1.165, 1.54) is 16.2 Å². The number of rotatable bonds is 0. The van der Waals surface area contributed by atoms with Crippen LogP contribution in [-0.2, 0) is 0 Å². The minimum atomic E-state index is 0.807. The van der Waals surface area contributed by atoms with Gasteiger partial charge in [-0.15, -0.1) is 0 Å². The van der Waals surface area contributed by atoms with Crippen molar-refractivity contribution in [1.82, 2.24) is 0 Å². The quantitative estimate of drug-likeness (QED) is 0.486. The molecule has 2 heteroatoms. The van der Waals surface area contributed by atoms with Crippen molar-refractivity contribution in [1.29, 1.82) is 0 Å². The summed E-state index contributed by atoms with van der Waals surface area (Å²) >= 11 is 9.77. The summed E-state index contributed by atoms with van der Waals surface area (Å²) in [4.78, 5) is 0. The summed E-state index contributed by atoms with van der Waals surface area (Å²) in [6.07, 6.45) is 0. The molecule has 0 aliphatic rings. The second kappa shape index (κ2) is 3.76. The summed E-state index contributed by atoms with van der Waals surface area (Å²) in [6.45, 7) is 0. The smallest absolute Gasteiger partial charge is 0.0490 e. The van der Waals surface area contributed by atoms with Crippen molar-refractivity contribution in [2.75, 3.05) is 0 Å². The molecule has 0 bridgehead atoms. The number of hydrogen-bond donors (Lipinski definition) is 0. The second-order valence-electron chi connectivity index (χ2n) is 3.77. The molecule has 0 unspecified atom stereocenters. The number of benzene rings is 3. The van der Waals surface area contributed by atoms with Crippen LogP contribution in [0.5, 0.6) is 0 Å².